The summed E-state index contributed by atoms with van der Waals surface area (Å²) in [4.78, 5) is 5.01. The third-order valence-corrected chi connectivity index (χ3v) is 14.5. The highest BCUT2D eigenvalue weighted by Gasteiger charge is 2.52. The lowest BCUT2D eigenvalue weighted by atomic mass is 9.59. The normalized spacial score (nSPS) is 14.6. The quantitative estimate of drug-likeness (QED) is 0.147. The lowest BCUT2D eigenvalue weighted by molar-refractivity contribution is 0.660. The summed E-state index contributed by atoms with van der Waals surface area (Å²) in [5.41, 5.74) is 23.0. The van der Waals surface area contributed by atoms with Crippen molar-refractivity contribution in [3.05, 3.63) is 282 Å². The summed E-state index contributed by atoms with van der Waals surface area (Å²) < 4.78 is 0. The number of para-hydroxylation sites is 2. The summed E-state index contributed by atoms with van der Waals surface area (Å²) >= 11 is 0. The number of fused-ring (bicyclic) bond motifs is 11. The highest BCUT2D eigenvalue weighted by atomic mass is 15.2. The van der Waals surface area contributed by atoms with Crippen LogP contribution in [0.15, 0.2) is 243 Å². The Balaban J connectivity index is 1.15. The van der Waals surface area contributed by atoms with Crippen LogP contribution in [0.5, 0.6) is 0 Å². The van der Waals surface area contributed by atoms with Crippen molar-refractivity contribution in [1.29, 1.82) is 0 Å². The molecule has 1 spiro atoms. The van der Waals surface area contributed by atoms with Crippen LogP contribution < -0.4 is 9.80 Å². The van der Waals surface area contributed by atoms with E-state index in [1.165, 1.54) is 66.8 Å². The van der Waals surface area contributed by atoms with Crippen molar-refractivity contribution < 1.29 is 0 Å². The van der Waals surface area contributed by atoms with E-state index in [1.807, 2.05) is 6.92 Å². The predicted octanol–water partition coefficient (Wildman–Crippen LogP) is 17.4. The maximum absolute atomic E-state index is 4.65. The van der Waals surface area contributed by atoms with E-state index in [1.54, 1.807) is 0 Å². The first kappa shape index (κ1) is 40.3. The van der Waals surface area contributed by atoms with Crippen molar-refractivity contribution in [1.82, 2.24) is 0 Å². The van der Waals surface area contributed by atoms with E-state index in [-0.39, 0.29) is 5.41 Å². The smallest absolute Gasteiger partial charge is 0.0783 e. The molecular formula is C65H50N2. The molecule has 0 unspecified atom stereocenters. The summed E-state index contributed by atoms with van der Waals surface area (Å²) in [6.07, 6.45) is 8.32. The monoisotopic (exact) mass is 858 g/mol. The van der Waals surface area contributed by atoms with Crippen LogP contribution in [0.3, 0.4) is 0 Å². The molecule has 3 aliphatic rings. The van der Waals surface area contributed by atoms with Gasteiger partial charge in [0.1, 0.15) is 0 Å². The van der Waals surface area contributed by atoms with Gasteiger partial charge in [-0.25, -0.2) is 0 Å². The van der Waals surface area contributed by atoms with Gasteiger partial charge in [0, 0.05) is 16.8 Å². The molecule has 2 heteroatoms. The van der Waals surface area contributed by atoms with E-state index in [2.05, 4.69) is 267 Å². The Labute approximate surface area is 394 Å². The number of benzene rings is 9. The average molecular weight is 859 g/mol. The van der Waals surface area contributed by atoms with Crippen molar-refractivity contribution >= 4 is 39.7 Å². The average Bonchev–Trinajstić information content (AvgIpc) is 3.61. The van der Waals surface area contributed by atoms with Crippen LogP contribution in [0, 0.1) is 0 Å². The molecule has 0 fully saturated rings. The van der Waals surface area contributed by atoms with Crippen molar-refractivity contribution in [2.75, 3.05) is 9.80 Å². The molecule has 9 aromatic carbocycles. The van der Waals surface area contributed by atoms with E-state index in [0.717, 1.165) is 45.3 Å². The van der Waals surface area contributed by atoms with Gasteiger partial charge in [0.15, 0.2) is 0 Å². The minimum atomic E-state index is -0.741. The fourth-order valence-electron chi connectivity index (χ4n) is 11.4. The molecule has 320 valence electrons. The molecule has 2 aliphatic heterocycles. The third kappa shape index (κ3) is 6.17. The molecule has 0 saturated carbocycles. The molecule has 0 saturated heterocycles. The highest BCUT2D eigenvalue weighted by molar-refractivity contribution is 5.99. The minimum Gasteiger partial charge on any atom is -0.310 e. The van der Waals surface area contributed by atoms with Gasteiger partial charge in [-0.15, -0.1) is 0 Å². The molecule has 0 N–H and O–H groups in total. The lowest BCUT2D eigenvalue weighted by Gasteiger charge is -2.51. The van der Waals surface area contributed by atoms with E-state index in [0.29, 0.717) is 0 Å². The fraction of sp³-hybridized carbons (Fsp3) is 0.0769. The van der Waals surface area contributed by atoms with Gasteiger partial charge >= 0.3 is 0 Å². The number of hydrogen-bond acceptors (Lipinski definition) is 2. The Morgan fingerprint density at radius 3 is 1.57 bits per heavy atom. The Bertz CT molecular complexity index is 3410. The second-order valence-electron chi connectivity index (χ2n) is 18.5. The van der Waals surface area contributed by atoms with Crippen LogP contribution in [0.4, 0.5) is 34.1 Å². The maximum atomic E-state index is 4.65. The van der Waals surface area contributed by atoms with E-state index >= 15 is 0 Å². The zero-order chi connectivity index (χ0) is 45.3. The van der Waals surface area contributed by atoms with Gasteiger partial charge in [-0.3, -0.25) is 0 Å². The molecule has 0 radical (unpaired) electrons. The van der Waals surface area contributed by atoms with Crippen molar-refractivity contribution in [2.24, 2.45) is 0 Å². The number of nitrogens with zero attached hydrogens (tertiary/aromatic N) is 2. The largest absolute Gasteiger partial charge is 0.310 e. The Morgan fingerprint density at radius 1 is 0.403 bits per heavy atom. The highest BCUT2D eigenvalue weighted by Crippen LogP contribution is 2.65. The molecular weight excluding hydrogens is 809 g/mol. The van der Waals surface area contributed by atoms with Crippen LogP contribution in [-0.2, 0) is 10.8 Å². The second kappa shape index (κ2) is 15.8. The number of anilines is 6. The molecule has 9 aromatic rings. The molecule has 12 rings (SSSR count). The van der Waals surface area contributed by atoms with Crippen molar-refractivity contribution in [3.8, 4) is 33.4 Å². The van der Waals surface area contributed by atoms with Crippen LogP contribution in [0.1, 0.15) is 59.7 Å². The van der Waals surface area contributed by atoms with E-state index in [9.17, 15) is 0 Å². The predicted molar refractivity (Wildman–Crippen MR) is 283 cm³/mol. The van der Waals surface area contributed by atoms with Crippen LogP contribution >= 0.6 is 0 Å². The number of allylic oxidation sites excluding steroid dienone is 5. The first-order chi connectivity index (χ1) is 32.9. The standard InChI is InChI=1S/C65H50N2/c1-5-6-9-20-44(2)48-33-39-62-58(41-48)65(59-42-49(46-23-12-8-13-24-46)34-40-63(59)66(62)50-35-31-47(32-36-50)45-21-10-7-11-22-45)55-27-16-18-29-60(55)67(61-30-19-17-28-56(61)65)51-37-38-53-52-25-14-15-26-54(52)64(3,4)57(53)43-51/h5-43H,2H2,1,3-4H3/b6-5-,20-9-. The molecule has 1 aliphatic carbocycles. The molecule has 0 atom stereocenters. The van der Waals surface area contributed by atoms with Gasteiger partial charge in [0.2, 0.25) is 0 Å². The molecule has 0 bridgehead atoms. The molecule has 2 heterocycles. The Hall–Kier alpha value is -8.20. The van der Waals surface area contributed by atoms with E-state index < -0.39 is 5.41 Å². The maximum Gasteiger partial charge on any atom is 0.0783 e. The molecule has 2 nitrogen and oxygen atoms in total. The lowest BCUT2D eigenvalue weighted by Crippen LogP contribution is -2.42. The van der Waals surface area contributed by atoms with Crippen LogP contribution in [0.25, 0.3) is 39.0 Å². The molecule has 67 heavy (non-hydrogen) atoms. The first-order valence-electron chi connectivity index (χ1n) is 23.4. The topological polar surface area (TPSA) is 6.48 Å². The van der Waals surface area contributed by atoms with Crippen molar-refractivity contribution in [2.45, 2.75) is 31.6 Å². The fourth-order valence-corrected chi connectivity index (χ4v) is 11.4. The van der Waals surface area contributed by atoms with Crippen LogP contribution in [0.2, 0.25) is 0 Å². The van der Waals surface area contributed by atoms with Gasteiger partial charge in [-0.2, -0.15) is 0 Å². The van der Waals surface area contributed by atoms with E-state index in [4.69, 9.17) is 0 Å². The minimum absolute atomic E-state index is 0.143. The molecule has 0 amide bonds. The van der Waals surface area contributed by atoms with Gasteiger partial charge < -0.3 is 9.80 Å². The SMILES string of the molecule is C=C(/C=C\C=C/C)c1ccc2c(c1)C1(c3ccccc3N(c3ccc4c(c3)C(C)(C)c3ccccc3-4)c3ccccc31)c1cc(-c3ccccc3)ccc1N2c1ccc(-c2ccccc2)cc1. The number of hydrogen-bond donors (Lipinski definition) is 0. The third-order valence-electron chi connectivity index (χ3n) is 14.5. The summed E-state index contributed by atoms with van der Waals surface area (Å²) in [5, 5.41) is 0. The van der Waals surface area contributed by atoms with Gasteiger partial charge in [-0.05, 0) is 145 Å². The summed E-state index contributed by atoms with van der Waals surface area (Å²) in [5.74, 6) is 0. The zero-order valence-electron chi connectivity index (χ0n) is 38.1. The van der Waals surface area contributed by atoms with Crippen LogP contribution in [-0.4, -0.2) is 0 Å². The Morgan fingerprint density at radius 2 is 0.896 bits per heavy atom. The summed E-state index contributed by atoms with van der Waals surface area (Å²) in [7, 11) is 0. The van der Waals surface area contributed by atoms with Gasteiger partial charge in [0.25, 0.3) is 0 Å². The Kier molecular flexibility index (Phi) is 9.48. The van der Waals surface area contributed by atoms with Gasteiger partial charge in [-0.1, -0.05) is 196 Å². The summed E-state index contributed by atoms with van der Waals surface area (Å²) in [6.45, 7) is 11.4. The van der Waals surface area contributed by atoms with Gasteiger partial charge in [0.05, 0.1) is 28.2 Å². The number of rotatable bonds is 7. The van der Waals surface area contributed by atoms with Crippen molar-refractivity contribution in [3.63, 3.8) is 0 Å². The molecule has 0 aromatic heterocycles. The first-order valence-corrected chi connectivity index (χ1v) is 23.4. The zero-order valence-corrected chi connectivity index (χ0v) is 38.1. The summed E-state index contributed by atoms with van der Waals surface area (Å²) in [6, 6.07) is 79.0. The second-order valence-corrected chi connectivity index (χ2v) is 18.5.